The monoisotopic (exact) mass is 274 g/mol. The van der Waals surface area contributed by atoms with E-state index in [2.05, 4.69) is 12.2 Å². The Kier molecular flexibility index (Phi) is 3.66. The van der Waals surface area contributed by atoms with E-state index in [9.17, 15) is 9.90 Å². The van der Waals surface area contributed by atoms with Crippen molar-refractivity contribution in [3.8, 4) is 0 Å². The normalized spacial score (nSPS) is 26.4. The predicted octanol–water partition coefficient (Wildman–Crippen LogP) is 2.09. The van der Waals surface area contributed by atoms with Crippen LogP contribution >= 0.6 is 0 Å². The lowest BCUT2D eigenvalue weighted by molar-refractivity contribution is 0.128. The van der Waals surface area contributed by atoms with Crippen molar-refractivity contribution in [3.63, 3.8) is 0 Å². The second-order valence-corrected chi connectivity index (χ2v) is 6.07. The zero-order valence-corrected chi connectivity index (χ0v) is 11.9. The molecule has 3 rings (SSSR count). The van der Waals surface area contributed by atoms with E-state index in [0.717, 1.165) is 37.1 Å². The number of likely N-dealkylation sites (tertiary alicyclic amines) is 1. The number of piperidine rings is 1. The van der Waals surface area contributed by atoms with E-state index in [1.165, 1.54) is 0 Å². The molecule has 108 valence electrons. The molecule has 1 aromatic rings. The third-order valence-electron chi connectivity index (χ3n) is 4.55. The number of fused-ring (bicyclic) bond motifs is 1. The van der Waals surface area contributed by atoms with Crippen LogP contribution in [0.5, 0.6) is 0 Å². The molecular formula is C16H22N2O2. The van der Waals surface area contributed by atoms with Crippen molar-refractivity contribution < 1.29 is 9.90 Å². The first kappa shape index (κ1) is 13.4. The van der Waals surface area contributed by atoms with Gasteiger partial charge in [-0.3, -0.25) is 0 Å². The molecular weight excluding hydrogens is 252 g/mol. The molecule has 2 amide bonds. The fourth-order valence-corrected chi connectivity index (χ4v) is 3.18. The first-order chi connectivity index (χ1) is 9.65. The molecule has 1 aliphatic carbocycles. The molecule has 1 heterocycles. The fraction of sp³-hybridized carbons (Fsp3) is 0.562. The first-order valence-corrected chi connectivity index (χ1v) is 7.46. The van der Waals surface area contributed by atoms with Gasteiger partial charge in [0.2, 0.25) is 0 Å². The summed E-state index contributed by atoms with van der Waals surface area (Å²) in [6, 6.07) is 7.64. The maximum absolute atomic E-state index is 12.3. The van der Waals surface area contributed by atoms with Crippen LogP contribution in [0, 0.1) is 5.92 Å². The van der Waals surface area contributed by atoms with Crippen molar-refractivity contribution in [2.24, 2.45) is 5.92 Å². The summed E-state index contributed by atoms with van der Waals surface area (Å²) in [5.74, 6) is 0.705. The third kappa shape index (κ3) is 2.52. The summed E-state index contributed by atoms with van der Waals surface area (Å²) >= 11 is 0. The Morgan fingerprint density at radius 1 is 1.30 bits per heavy atom. The molecule has 0 aromatic heterocycles. The Bertz CT molecular complexity index is 495. The van der Waals surface area contributed by atoms with Crippen LogP contribution < -0.4 is 5.32 Å². The minimum absolute atomic E-state index is 0.0438. The number of benzene rings is 1. The van der Waals surface area contributed by atoms with Crippen LogP contribution in [0.2, 0.25) is 0 Å². The molecule has 1 saturated heterocycles. The summed E-state index contributed by atoms with van der Waals surface area (Å²) in [5.41, 5.74) is 2.19. The molecule has 1 aromatic carbocycles. The second-order valence-electron chi connectivity index (χ2n) is 6.07. The third-order valence-corrected chi connectivity index (χ3v) is 4.55. The lowest BCUT2D eigenvalue weighted by atomic mass is 9.99. The van der Waals surface area contributed by atoms with Gasteiger partial charge in [-0.05, 0) is 29.9 Å². The number of rotatable bonds is 1. The molecule has 1 fully saturated rings. The Balaban J connectivity index is 1.67. The van der Waals surface area contributed by atoms with Crippen LogP contribution in [-0.2, 0) is 6.42 Å². The van der Waals surface area contributed by atoms with Gasteiger partial charge in [-0.15, -0.1) is 0 Å². The van der Waals surface area contributed by atoms with Crippen LogP contribution in [0.15, 0.2) is 24.3 Å². The van der Waals surface area contributed by atoms with Crippen molar-refractivity contribution in [3.05, 3.63) is 35.4 Å². The molecule has 4 heteroatoms. The Morgan fingerprint density at radius 3 is 2.75 bits per heavy atom. The number of hydrogen-bond donors (Lipinski definition) is 2. The SMILES string of the molecule is CC1CCN(C(=O)N[C@@H]2c3ccccc3C[C@@H]2O)CC1. The molecule has 0 radical (unpaired) electrons. The van der Waals surface area contributed by atoms with Gasteiger partial charge in [0, 0.05) is 19.5 Å². The summed E-state index contributed by atoms with van der Waals surface area (Å²) in [7, 11) is 0. The van der Waals surface area contributed by atoms with Crippen molar-refractivity contribution >= 4 is 6.03 Å². The topological polar surface area (TPSA) is 52.6 Å². The zero-order chi connectivity index (χ0) is 14.1. The number of aliphatic hydroxyl groups excluding tert-OH is 1. The quantitative estimate of drug-likeness (QED) is 0.824. The highest BCUT2D eigenvalue weighted by Crippen LogP contribution is 2.31. The molecule has 2 atom stereocenters. The standard InChI is InChI=1S/C16H22N2O2/c1-11-6-8-18(9-7-11)16(20)17-15-13-5-3-2-4-12(13)10-14(15)19/h2-5,11,14-15,19H,6-10H2,1H3,(H,17,20)/t14-,15+/m0/s1. The van der Waals surface area contributed by atoms with Gasteiger partial charge in [0.25, 0.3) is 0 Å². The summed E-state index contributed by atoms with van der Waals surface area (Å²) in [5, 5.41) is 13.2. The van der Waals surface area contributed by atoms with Gasteiger partial charge in [0.1, 0.15) is 0 Å². The van der Waals surface area contributed by atoms with Crippen molar-refractivity contribution in [1.82, 2.24) is 10.2 Å². The smallest absolute Gasteiger partial charge is 0.317 e. The molecule has 20 heavy (non-hydrogen) atoms. The van der Waals surface area contributed by atoms with Crippen molar-refractivity contribution in [2.45, 2.75) is 38.3 Å². The summed E-state index contributed by atoms with van der Waals surface area (Å²) < 4.78 is 0. The molecule has 2 N–H and O–H groups in total. The van der Waals surface area contributed by atoms with Gasteiger partial charge >= 0.3 is 6.03 Å². The van der Waals surface area contributed by atoms with E-state index < -0.39 is 6.10 Å². The lowest BCUT2D eigenvalue weighted by Crippen LogP contribution is -2.46. The number of carbonyl (C=O) groups is 1. The lowest BCUT2D eigenvalue weighted by Gasteiger charge is -2.32. The van der Waals surface area contributed by atoms with Gasteiger partial charge in [-0.1, -0.05) is 31.2 Å². The molecule has 0 spiro atoms. The number of aliphatic hydroxyl groups is 1. The molecule has 1 aliphatic heterocycles. The highest BCUT2D eigenvalue weighted by Gasteiger charge is 2.33. The maximum atomic E-state index is 12.3. The summed E-state index contributed by atoms with van der Waals surface area (Å²) in [6.07, 6.45) is 2.24. The molecule has 0 bridgehead atoms. The van der Waals surface area contributed by atoms with E-state index in [-0.39, 0.29) is 12.1 Å². The average molecular weight is 274 g/mol. The van der Waals surface area contributed by atoms with Crippen LogP contribution in [0.25, 0.3) is 0 Å². The second kappa shape index (κ2) is 5.44. The number of amides is 2. The predicted molar refractivity (Wildman–Crippen MR) is 77.4 cm³/mol. The molecule has 0 saturated carbocycles. The number of nitrogens with zero attached hydrogens (tertiary/aromatic N) is 1. The summed E-state index contributed by atoms with van der Waals surface area (Å²) in [4.78, 5) is 14.2. The molecule has 0 unspecified atom stereocenters. The number of nitrogens with one attached hydrogen (secondary N) is 1. The van der Waals surface area contributed by atoms with E-state index in [0.29, 0.717) is 12.3 Å². The van der Waals surface area contributed by atoms with Crippen LogP contribution in [0.3, 0.4) is 0 Å². The largest absolute Gasteiger partial charge is 0.390 e. The number of urea groups is 1. The van der Waals surface area contributed by atoms with Crippen molar-refractivity contribution in [2.75, 3.05) is 13.1 Å². The van der Waals surface area contributed by atoms with Crippen LogP contribution in [0.4, 0.5) is 4.79 Å². The minimum atomic E-state index is -0.514. The Hall–Kier alpha value is -1.55. The number of carbonyl (C=O) groups excluding carboxylic acids is 1. The van der Waals surface area contributed by atoms with Gasteiger partial charge in [0.15, 0.2) is 0 Å². The first-order valence-electron chi connectivity index (χ1n) is 7.46. The van der Waals surface area contributed by atoms with Crippen LogP contribution in [0.1, 0.15) is 36.9 Å². The van der Waals surface area contributed by atoms with Gasteiger partial charge in [-0.25, -0.2) is 4.79 Å². The zero-order valence-electron chi connectivity index (χ0n) is 11.9. The van der Waals surface area contributed by atoms with Gasteiger partial charge in [-0.2, -0.15) is 0 Å². The maximum Gasteiger partial charge on any atom is 0.317 e. The highest BCUT2D eigenvalue weighted by atomic mass is 16.3. The number of hydrogen-bond acceptors (Lipinski definition) is 2. The van der Waals surface area contributed by atoms with Gasteiger partial charge in [0.05, 0.1) is 12.1 Å². The average Bonchev–Trinajstić information content (AvgIpc) is 2.76. The summed E-state index contributed by atoms with van der Waals surface area (Å²) in [6.45, 7) is 3.86. The fourth-order valence-electron chi connectivity index (χ4n) is 3.18. The van der Waals surface area contributed by atoms with E-state index in [1.54, 1.807) is 0 Å². The van der Waals surface area contributed by atoms with Gasteiger partial charge < -0.3 is 15.3 Å². The van der Waals surface area contributed by atoms with Crippen LogP contribution in [-0.4, -0.2) is 35.2 Å². The van der Waals surface area contributed by atoms with E-state index >= 15 is 0 Å². The highest BCUT2D eigenvalue weighted by molar-refractivity contribution is 5.75. The molecule has 2 aliphatic rings. The van der Waals surface area contributed by atoms with E-state index in [4.69, 9.17) is 0 Å². The molecule has 4 nitrogen and oxygen atoms in total. The Morgan fingerprint density at radius 2 is 2.00 bits per heavy atom. The Labute approximate surface area is 119 Å². The minimum Gasteiger partial charge on any atom is -0.390 e. The van der Waals surface area contributed by atoms with Crippen molar-refractivity contribution in [1.29, 1.82) is 0 Å². The van der Waals surface area contributed by atoms with E-state index in [1.807, 2.05) is 29.2 Å².